The molecule has 6 aromatic rings. The van der Waals surface area contributed by atoms with Gasteiger partial charge in [0.05, 0.1) is 0 Å². The SMILES string of the molecule is CC(C)c1ccc(P2c3ccccc3Nc3ccccc3P(c3ccc(C(C)C)cc3)c3ccccc3Nc3ccccc32)cc1. The lowest BCUT2D eigenvalue weighted by Gasteiger charge is -2.30. The molecule has 1 heterocycles. The lowest BCUT2D eigenvalue weighted by molar-refractivity contribution is 0.867. The van der Waals surface area contributed by atoms with Gasteiger partial charge in [-0.1, -0.05) is 149 Å². The summed E-state index contributed by atoms with van der Waals surface area (Å²) in [6.45, 7) is 9.04. The van der Waals surface area contributed by atoms with E-state index >= 15 is 0 Å². The van der Waals surface area contributed by atoms with Crippen molar-refractivity contribution in [3.05, 3.63) is 157 Å². The van der Waals surface area contributed by atoms with Crippen LogP contribution in [0.4, 0.5) is 22.7 Å². The van der Waals surface area contributed by atoms with Crippen molar-refractivity contribution in [1.29, 1.82) is 0 Å². The normalized spacial score (nSPS) is 15.7. The van der Waals surface area contributed by atoms with Crippen molar-refractivity contribution in [1.82, 2.24) is 0 Å². The molecule has 0 spiro atoms. The minimum atomic E-state index is -0.886. The Balaban J connectivity index is 1.49. The minimum Gasteiger partial charge on any atom is -0.354 e. The highest BCUT2D eigenvalue weighted by Crippen LogP contribution is 2.43. The highest BCUT2D eigenvalue weighted by molar-refractivity contribution is 7.81. The third-order valence-corrected chi connectivity index (χ3v) is 13.9. The molecule has 1 aliphatic heterocycles. The fourth-order valence-corrected chi connectivity index (χ4v) is 11.2. The van der Waals surface area contributed by atoms with Crippen LogP contribution in [0.1, 0.15) is 50.7 Å². The van der Waals surface area contributed by atoms with Crippen molar-refractivity contribution in [2.75, 3.05) is 10.6 Å². The summed E-state index contributed by atoms with van der Waals surface area (Å²) in [6, 6.07) is 54.3. The minimum absolute atomic E-state index is 0.491. The summed E-state index contributed by atoms with van der Waals surface area (Å²) in [5.41, 5.74) is 7.35. The Labute approximate surface area is 276 Å². The smallest absolute Gasteiger partial charge is 0.0469 e. The largest absolute Gasteiger partial charge is 0.354 e. The molecular formula is C42H40N2P2. The third kappa shape index (κ3) is 6.01. The van der Waals surface area contributed by atoms with Crippen molar-refractivity contribution >= 4 is 70.4 Å². The number of hydrogen-bond donors (Lipinski definition) is 2. The average Bonchev–Trinajstić information content (AvgIpc) is 3.08. The number of hydrogen-bond acceptors (Lipinski definition) is 2. The zero-order valence-electron chi connectivity index (χ0n) is 26.9. The summed E-state index contributed by atoms with van der Waals surface area (Å²) in [5.74, 6) is 0.982. The summed E-state index contributed by atoms with van der Waals surface area (Å²) in [4.78, 5) is 0. The Morgan fingerprint density at radius 3 is 0.870 bits per heavy atom. The van der Waals surface area contributed by atoms with Crippen LogP contribution >= 0.6 is 15.8 Å². The topological polar surface area (TPSA) is 24.1 Å². The number of nitrogens with one attached hydrogen (secondary N) is 2. The number of benzene rings is 6. The molecular weight excluding hydrogens is 594 g/mol. The van der Waals surface area contributed by atoms with Crippen molar-refractivity contribution in [3.8, 4) is 0 Å². The van der Waals surface area contributed by atoms with E-state index in [1.807, 2.05) is 0 Å². The molecule has 2 N–H and O–H groups in total. The van der Waals surface area contributed by atoms with E-state index in [0.29, 0.717) is 11.8 Å². The Hall–Kier alpha value is -4.22. The van der Waals surface area contributed by atoms with E-state index < -0.39 is 15.8 Å². The molecule has 0 amide bonds. The second kappa shape index (κ2) is 13.3. The molecule has 0 radical (unpaired) electrons. The number of anilines is 4. The molecule has 0 saturated heterocycles. The number of fused-ring (bicyclic) bond motifs is 4. The van der Waals surface area contributed by atoms with Crippen LogP contribution in [0, 0.1) is 0 Å². The number of rotatable bonds is 4. The van der Waals surface area contributed by atoms with Gasteiger partial charge in [-0.15, -0.1) is 0 Å². The maximum absolute atomic E-state index is 3.99. The van der Waals surface area contributed by atoms with E-state index in [2.05, 4.69) is 184 Å². The zero-order chi connectivity index (χ0) is 31.6. The van der Waals surface area contributed by atoms with Crippen LogP contribution in [0.5, 0.6) is 0 Å². The van der Waals surface area contributed by atoms with Gasteiger partial charge in [-0.05, 0) is 73.7 Å². The summed E-state index contributed by atoms with van der Waals surface area (Å²) in [7, 11) is -1.77. The van der Waals surface area contributed by atoms with Gasteiger partial charge < -0.3 is 10.6 Å². The Kier molecular flexibility index (Phi) is 8.77. The third-order valence-electron chi connectivity index (χ3n) is 8.75. The first-order chi connectivity index (χ1) is 22.5. The predicted octanol–water partition coefficient (Wildman–Crippen LogP) is 9.25. The van der Waals surface area contributed by atoms with Gasteiger partial charge in [0.2, 0.25) is 0 Å². The fraction of sp³-hybridized carbons (Fsp3) is 0.143. The van der Waals surface area contributed by atoms with Gasteiger partial charge >= 0.3 is 0 Å². The maximum atomic E-state index is 3.99. The Bertz CT molecular complexity index is 1730. The first-order valence-corrected chi connectivity index (χ1v) is 18.9. The molecule has 1 aliphatic rings. The highest BCUT2D eigenvalue weighted by Gasteiger charge is 2.27. The van der Waals surface area contributed by atoms with Gasteiger partial charge in [0.25, 0.3) is 0 Å². The summed E-state index contributed by atoms with van der Waals surface area (Å²) >= 11 is 0. The second-order valence-corrected chi connectivity index (χ2v) is 16.8. The molecule has 0 fully saturated rings. The quantitative estimate of drug-likeness (QED) is 0.189. The molecule has 0 bridgehead atoms. The summed E-state index contributed by atoms with van der Waals surface area (Å²) in [5, 5.41) is 15.9. The molecule has 228 valence electrons. The zero-order valence-corrected chi connectivity index (χ0v) is 28.7. The van der Waals surface area contributed by atoms with E-state index in [4.69, 9.17) is 0 Å². The lowest BCUT2D eigenvalue weighted by Crippen LogP contribution is -2.28. The van der Waals surface area contributed by atoms with Gasteiger partial charge in [0, 0.05) is 44.0 Å². The average molecular weight is 635 g/mol. The van der Waals surface area contributed by atoms with Crippen LogP contribution in [0.2, 0.25) is 0 Å². The molecule has 0 saturated carbocycles. The van der Waals surface area contributed by atoms with Gasteiger partial charge in [0.15, 0.2) is 0 Å². The van der Waals surface area contributed by atoms with E-state index in [-0.39, 0.29) is 0 Å². The van der Waals surface area contributed by atoms with Gasteiger partial charge in [-0.25, -0.2) is 0 Å². The fourth-order valence-electron chi connectivity index (χ4n) is 6.22. The van der Waals surface area contributed by atoms with Gasteiger partial charge in [-0.2, -0.15) is 0 Å². The molecule has 0 aliphatic carbocycles. The number of para-hydroxylation sites is 4. The van der Waals surface area contributed by atoms with E-state index in [1.54, 1.807) is 0 Å². The van der Waals surface area contributed by atoms with Crippen LogP contribution in [-0.2, 0) is 0 Å². The molecule has 7 rings (SSSR count). The van der Waals surface area contributed by atoms with Crippen molar-refractivity contribution < 1.29 is 0 Å². The molecule has 46 heavy (non-hydrogen) atoms. The maximum Gasteiger partial charge on any atom is 0.0469 e. The predicted molar refractivity (Wildman–Crippen MR) is 205 cm³/mol. The summed E-state index contributed by atoms with van der Waals surface area (Å²) < 4.78 is 0. The lowest BCUT2D eigenvalue weighted by atomic mass is 10.0. The van der Waals surface area contributed by atoms with Crippen LogP contribution in [0.15, 0.2) is 146 Å². The second-order valence-electron chi connectivity index (χ2n) is 12.5. The van der Waals surface area contributed by atoms with Crippen molar-refractivity contribution in [2.24, 2.45) is 0 Å². The Morgan fingerprint density at radius 2 is 0.609 bits per heavy atom. The first kappa shape index (κ1) is 30.4. The van der Waals surface area contributed by atoms with Gasteiger partial charge in [0.1, 0.15) is 0 Å². The van der Waals surface area contributed by atoms with Crippen LogP contribution in [0.25, 0.3) is 0 Å². The standard InChI is InChI=1S/C42H40N2P2/c1-29(2)31-21-25-33(26-22-31)45-39-17-9-5-13-35(39)43-37-15-7-11-19-41(37)46(34-27-23-32(24-28-34)30(3)4)42-20-12-8-16-38(42)44-36-14-6-10-18-40(36)45/h5-30,43-44H,1-4H3. The summed E-state index contributed by atoms with van der Waals surface area (Å²) in [6.07, 6.45) is 0. The molecule has 0 atom stereocenters. The van der Waals surface area contributed by atoms with Gasteiger partial charge in [-0.3, -0.25) is 0 Å². The van der Waals surface area contributed by atoms with Crippen molar-refractivity contribution in [2.45, 2.75) is 39.5 Å². The van der Waals surface area contributed by atoms with E-state index in [1.165, 1.54) is 43.0 Å². The molecule has 0 unspecified atom stereocenters. The first-order valence-electron chi connectivity index (χ1n) is 16.2. The Morgan fingerprint density at radius 1 is 0.348 bits per heavy atom. The van der Waals surface area contributed by atoms with E-state index in [0.717, 1.165) is 22.7 Å². The molecule has 4 heteroatoms. The monoisotopic (exact) mass is 634 g/mol. The molecule has 2 nitrogen and oxygen atoms in total. The highest BCUT2D eigenvalue weighted by atomic mass is 31.1. The van der Waals surface area contributed by atoms with Crippen molar-refractivity contribution in [3.63, 3.8) is 0 Å². The van der Waals surface area contributed by atoms with Crippen LogP contribution in [0.3, 0.4) is 0 Å². The van der Waals surface area contributed by atoms with E-state index in [9.17, 15) is 0 Å². The molecule has 6 aromatic carbocycles. The van der Waals surface area contributed by atoms with Crippen LogP contribution < -0.4 is 42.5 Å². The molecule has 0 aromatic heterocycles. The van der Waals surface area contributed by atoms with Crippen LogP contribution in [-0.4, -0.2) is 0 Å².